The zero-order chi connectivity index (χ0) is 19.0. The van der Waals surface area contributed by atoms with E-state index in [0.29, 0.717) is 12.0 Å². The summed E-state index contributed by atoms with van der Waals surface area (Å²) in [5, 5.41) is 6.93. The second-order valence-electron chi connectivity index (χ2n) is 7.24. The summed E-state index contributed by atoms with van der Waals surface area (Å²) in [5.74, 6) is 0.877. The van der Waals surface area contributed by atoms with Crippen molar-refractivity contribution in [3.63, 3.8) is 0 Å². The Kier molecular flexibility index (Phi) is 9.24. The predicted molar refractivity (Wildman–Crippen MR) is 125 cm³/mol. The molecule has 0 saturated heterocycles. The molecule has 154 valence electrons. The quantitative estimate of drug-likeness (QED) is 0.315. The van der Waals surface area contributed by atoms with Crippen LogP contribution >= 0.6 is 24.0 Å². The lowest BCUT2D eigenvalue weighted by Crippen LogP contribution is -2.47. The number of guanidine groups is 1. The summed E-state index contributed by atoms with van der Waals surface area (Å²) < 4.78 is 7.33. The zero-order valence-electron chi connectivity index (χ0n) is 16.9. The molecule has 0 spiro atoms. The molecule has 0 bridgehead atoms. The van der Waals surface area contributed by atoms with Crippen molar-refractivity contribution in [2.45, 2.75) is 39.2 Å². The summed E-state index contributed by atoms with van der Waals surface area (Å²) in [6.07, 6.45) is 10.5. The summed E-state index contributed by atoms with van der Waals surface area (Å²) in [7, 11) is 1.78. The maximum absolute atomic E-state index is 5.30. The number of aliphatic imine (C=N–C) groups is 1. The summed E-state index contributed by atoms with van der Waals surface area (Å²) in [4.78, 5) is 8.98. The normalized spacial score (nSPS) is 15.4. The number of rotatable bonds is 9. The van der Waals surface area contributed by atoms with Gasteiger partial charge < -0.3 is 19.9 Å². The molecule has 7 heteroatoms. The number of hydrogen-bond acceptors (Lipinski definition) is 3. The highest BCUT2D eigenvalue weighted by atomic mass is 127. The Balaban J connectivity index is 0.00000280. The lowest BCUT2D eigenvalue weighted by Gasteiger charge is -2.42. The SMILES string of the molecule is CCNC(=NCc1ccccc1-n1ccnc1)NCC1(CCOC)CCC1.I. The first-order chi connectivity index (χ1) is 13.3. The molecule has 3 rings (SSSR count). The van der Waals surface area contributed by atoms with E-state index in [-0.39, 0.29) is 24.0 Å². The number of methoxy groups -OCH3 is 1. The summed E-state index contributed by atoms with van der Waals surface area (Å²) >= 11 is 0. The molecule has 0 aliphatic heterocycles. The van der Waals surface area contributed by atoms with Crippen LogP contribution in [0.4, 0.5) is 0 Å². The van der Waals surface area contributed by atoms with Gasteiger partial charge in [0.15, 0.2) is 5.96 Å². The number of imidazole rings is 1. The van der Waals surface area contributed by atoms with Crippen molar-refractivity contribution in [1.82, 2.24) is 20.2 Å². The molecule has 2 N–H and O–H groups in total. The highest BCUT2D eigenvalue weighted by Gasteiger charge is 2.36. The molecule has 0 amide bonds. The number of benzene rings is 1. The van der Waals surface area contributed by atoms with Gasteiger partial charge in [0.1, 0.15) is 0 Å². The topological polar surface area (TPSA) is 63.5 Å². The van der Waals surface area contributed by atoms with Gasteiger partial charge in [-0.3, -0.25) is 0 Å². The molecule has 1 aromatic carbocycles. The van der Waals surface area contributed by atoms with E-state index < -0.39 is 0 Å². The van der Waals surface area contributed by atoms with Crippen LogP contribution in [0.15, 0.2) is 48.0 Å². The van der Waals surface area contributed by atoms with Gasteiger partial charge in [-0.25, -0.2) is 9.98 Å². The van der Waals surface area contributed by atoms with Crippen LogP contribution in [0, 0.1) is 5.41 Å². The van der Waals surface area contributed by atoms with Crippen molar-refractivity contribution in [1.29, 1.82) is 0 Å². The van der Waals surface area contributed by atoms with Gasteiger partial charge in [-0.15, -0.1) is 24.0 Å². The second kappa shape index (κ2) is 11.4. The van der Waals surface area contributed by atoms with Crippen molar-refractivity contribution >= 4 is 29.9 Å². The number of ether oxygens (including phenoxy) is 1. The molecule has 1 aliphatic rings. The van der Waals surface area contributed by atoms with E-state index in [1.807, 2.05) is 23.2 Å². The minimum atomic E-state index is 0. The number of aromatic nitrogens is 2. The maximum Gasteiger partial charge on any atom is 0.191 e. The molecular formula is C21H32IN5O. The average molecular weight is 497 g/mol. The fraction of sp³-hybridized carbons (Fsp3) is 0.524. The Labute approximate surface area is 185 Å². The molecule has 1 aliphatic carbocycles. The molecule has 0 radical (unpaired) electrons. The molecule has 0 unspecified atom stereocenters. The van der Waals surface area contributed by atoms with Gasteiger partial charge in [0, 0.05) is 39.2 Å². The van der Waals surface area contributed by atoms with Crippen molar-refractivity contribution in [3.05, 3.63) is 48.5 Å². The van der Waals surface area contributed by atoms with E-state index in [4.69, 9.17) is 9.73 Å². The highest BCUT2D eigenvalue weighted by molar-refractivity contribution is 14.0. The smallest absolute Gasteiger partial charge is 0.191 e. The highest BCUT2D eigenvalue weighted by Crippen LogP contribution is 2.43. The average Bonchev–Trinajstić information content (AvgIpc) is 3.19. The van der Waals surface area contributed by atoms with Gasteiger partial charge in [-0.05, 0) is 43.2 Å². The minimum Gasteiger partial charge on any atom is -0.385 e. The summed E-state index contributed by atoms with van der Waals surface area (Å²) in [6, 6.07) is 8.32. The Bertz CT molecular complexity index is 728. The standard InChI is InChI=1S/C21H31N5O.HI/c1-3-23-20(25-16-21(9-6-10-21)11-14-27-2)24-15-18-7-4-5-8-19(18)26-13-12-22-17-26;/h4-5,7-8,12-13,17H,3,6,9-11,14-16H2,1-2H3,(H2,23,24,25);1H. The molecule has 2 aromatic rings. The third-order valence-electron chi connectivity index (χ3n) is 5.41. The first-order valence-electron chi connectivity index (χ1n) is 9.84. The van der Waals surface area contributed by atoms with E-state index in [0.717, 1.165) is 37.8 Å². The van der Waals surface area contributed by atoms with Crippen LogP contribution in [0.1, 0.15) is 38.2 Å². The van der Waals surface area contributed by atoms with Crippen molar-refractivity contribution in [3.8, 4) is 5.69 Å². The van der Waals surface area contributed by atoms with Crippen LogP contribution in [0.25, 0.3) is 5.69 Å². The third kappa shape index (κ3) is 5.94. The van der Waals surface area contributed by atoms with Crippen LogP contribution in [0.2, 0.25) is 0 Å². The predicted octanol–water partition coefficient (Wildman–Crippen LogP) is 3.75. The van der Waals surface area contributed by atoms with Crippen LogP contribution in [0.5, 0.6) is 0 Å². The van der Waals surface area contributed by atoms with Crippen LogP contribution in [0.3, 0.4) is 0 Å². The molecule has 0 atom stereocenters. The lowest BCUT2D eigenvalue weighted by atomic mass is 9.67. The number of nitrogens with one attached hydrogen (secondary N) is 2. The van der Waals surface area contributed by atoms with Gasteiger partial charge in [-0.2, -0.15) is 0 Å². The lowest BCUT2D eigenvalue weighted by molar-refractivity contribution is 0.0732. The van der Waals surface area contributed by atoms with E-state index in [2.05, 4.69) is 40.7 Å². The molecule has 1 aromatic heterocycles. The van der Waals surface area contributed by atoms with Gasteiger partial charge in [0.05, 0.1) is 18.6 Å². The monoisotopic (exact) mass is 497 g/mol. The van der Waals surface area contributed by atoms with Gasteiger partial charge >= 0.3 is 0 Å². The second-order valence-corrected chi connectivity index (χ2v) is 7.24. The Hall–Kier alpha value is -1.61. The van der Waals surface area contributed by atoms with Gasteiger partial charge in [-0.1, -0.05) is 24.6 Å². The molecule has 28 heavy (non-hydrogen) atoms. The van der Waals surface area contributed by atoms with Gasteiger partial charge in [0.2, 0.25) is 0 Å². The number of hydrogen-bond donors (Lipinski definition) is 2. The van der Waals surface area contributed by atoms with Gasteiger partial charge in [0.25, 0.3) is 0 Å². The van der Waals surface area contributed by atoms with E-state index >= 15 is 0 Å². The Morgan fingerprint density at radius 2 is 2.11 bits per heavy atom. The number of para-hydroxylation sites is 1. The summed E-state index contributed by atoms with van der Waals surface area (Å²) in [5.41, 5.74) is 2.65. The first-order valence-corrected chi connectivity index (χ1v) is 9.84. The van der Waals surface area contributed by atoms with E-state index in [1.165, 1.54) is 24.8 Å². The van der Waals surface area contributed by atoms with Crippen molar-refractivity contribution in [2.75, 3.05) is 26.8 Å². The molecule has 1 heterocycles. The maximum atomic E-state index is 5.30. The Morgan fingerprint density at radius 3 is 2.75 bits per heavy atom. The van der Waals surface area contributed by atoms with E-state index in [9.17, 15) is 0 Å². The number of nitrogens with zero attached hydrogens (tertiary/aromatic N) is 3. The summed E-state index contributed by atoms with van der Waals surface area (Å²) in [6.45, 7) is 5.34. The largest absolute Gasteiger partial charge is 0.385 e. The molecule has 1 fully saturated rings. The minimum absolute atomic E-state index is 0. The molecular weight excluding hydrogens is 465 g/mol. The number of halogens is 1. The Morgan fingerprint density at radius 1 is 1.29 bits per heavy atom. The van der Waals surface area contributed by atoms with Crippen molar-refractivity contribution in [2.24, 2.45) is 10.4 Å². The first kappa shape index (κ1) is 22.7. The fourth-order valence-corrected chi connectivity index (χ4v) is 3.59. The molecule has 1 saturated carbocycles. The van der Waals surface area contributed by atoms with Crippen molar-refractivity contribution < 1.29 is 4.74 Å². The van der Waals surface area contributed by atoms with Crippen LogP contribution in [-0.4, -0.2) is 42.3 Å². The fourth-order valence-electron chi connectivity index (χ4n) is 3.59. The third-order valence-corrected chi connectivity index (χ3v) is 5.41. The van der Waals surface area contributed by atoms with E-state index in [1.54, 1.807) is 13.3 Å². The van der Waals surface area contributed by atoms with Crippen LogP contribution < -0.4 is 10.6 Å². The molecule has 6 nitrogen and oxygen atoms in total. The zero-order valence-corrected chi connectivity index (χ0v) is 19.2. The van der Waals surface area contributed by atoms with Crippen LogP contribution in [-0.2, 0) is 11.3 Å².